The number of aromatic nitrogens is 1. The summed E-state index contributed by atoms with van der Waals surface area (Å²) in [6.45, 7) is 5.82. The maximum absolute atomic E-state index is 13.5. The number of benzene rings is 1. The van der Waals surface area contributed by atoms with Crippen LogP contribution in [-0.4, -0.2) is 91.7 Å². The van der Waals surface area contributed by atoms with Gasteiger partial charge in [0.05, 0.1) is 33.6 Å². The molecule has 3 N–H and O–H groups in total. The molecule has 1 aromatic carbocycles. The summed E-state index contributed by atoms with van der Waals surface area (Å²) in [5.74, 6) is -1.47. The molecule has 1 aromatic heterocycles. The summed E-state index contributed by atoms with van der Waals surface area (Å²) < 4.78 is 80.9. The van der Waals surface area contributed by atoms with Gasteiger partial charge in [0.15, 0.2) is 5.01 Å². The summed E-state index contributed by atoms with van der Waals surface area (Å²) in [5, 5.41) is 28.1. The van der Waals surface area contributed by atoms with Gasteiger partial charge in [0.2, 0.25) is 0 Å². The van der Waals surface area contributed by atoms with Crippen LogP contribution in [0.2, 0.25) is 10.0 Å². The number of carbonyl (C=O) groups excluding carboxylic acids is 2. The fourth-order valence-electron chi connectivity index (χ4n) is 4.12. The largest absolute Gasteiger partial charge is 0.430 e. The predicted octanol–water partition coefficient (Wildman–Crippen LogP) is 4.87. The lowest BCUT2D eigenvalue weighted by Gasteiger charge is -2.52. The van der Waals surface area contributed by atoms with Crippen molar-refractivity contribution in [3.8, 4) is 10.4 Å². The number of thiazole rings is 1. The molecule has 0 saturated carbocycles. The van der Waals surface area contributed by atoms with E-state index in [-0.39, 0.29) is 53.4 Å². The lowest BCUT2D eigenvalue weighted by molar-refractivity contribution is -0.376. The Bertz CT molecular complexity index is 1330. The van der Waals surface area contributed by atoms with Crippen LogP contribution in [0.15, 0.2) is 12.1 Å². The van der Waals surface area contributed by atoms with Crippen LogP contribution in [0.1, 0.15) is 53.5 Å². The number of carbonyl (C=O) groups is 2. The fraction of sp³-hybridized carbons (Fsp3) is 0.542. The molecule has 3 rings (SSSR count). The average Bonchev–Trinajstić information content (AvgIpc) is 3.26. The molecule has 1 fully saturated rings. The third-order valence-corrected chi connectivity index (χ3v) is 8.89. The lowest BCUT2D eigenvalue weighted by Crippen LogP contribution is -2.72. The number of halogens is 8. The highest BCUT2D eigenvalue weighted by Gasteiger charge is 2.72. The highest BCUT2D eigenvalue weighted by Crippen LogP contribution is 2.54. The second kappa shape index (κ2) is 10.8. The van der Waals surface area contributed by atoms with Gasteiger partial charge in [-0.1, -0.05) is 35.3 Å². The van der Waals surface area contributed by atoms with Gasteiger partial charge in [0, 0.05) is 24.2 Å². The summed E-state index contributed by atoms with van der Waals surface area (Å²) in [7, 11) is 0. The minimum absolute atomic E-state index is 0.176. The zero-order chi connectivity index (χ0) is 31.5. The predicted molar refractivity (Wildman–Crippen MR) is 138 cm³/mol. The molecular weight excluding hydrogens is 627 g/mol. The summed E-state index contributed by atoms with van der Waals surface area (Å²) in [6, 6.07) is 1.000. The van der Waals surface area contributed by atoms with E-state index in [1.807, 2.05) is 0 Å². The van der Waals surface area contributed by atoms with Crippen LogP contribution in [0.5, 0.6) is 0 Å². The molecule has 0 atom stereocenters. The first-order valence-corrected chi connectivity index (χ1v) is 13.5. The Kier molecular flexibility index (Phi) is 8.81. The SMILES string of the molecule is CCN(CC)C(=O)c1nc(C(=O)N2CC(O)(C(C)(C)O)C2)sc1-c1ccc(C(O)(C(F)(F)F)C(F)(F)F)c(Cl)c1Cl. The molecule has 2 heterocycles. The monoisotopic (exact) mass is 651 g/mol. The first-order valence-electron chi connectivity index (χ1n) is 11.9. The first kappa shape index (κ1) is 33.3. The highest BCUT2D eigenvalue weighted by molar-refractivity contribution is 7.17. The molecule has 2 aromatic rings. The van der Waals surface area contributed by atoms with E-state index < -0.39 is 56.6 Å². The van der Waals surface area contributed by atoms with Crippen LogP contribution in [0, 0.1) is 0 Å². The molecule has 8 nitrogen and oxygen atoms in total. The van der Waals surface area contributed by atoms with Crippen molar-refractivity contribution < 1.29 is 51.3 Å². The Labute approximate surface area is 244 Å². The molecule has 228 valence electrons. The molecule has 1 aliphatic heterocycles. The van der Waals surface area contributed by atoms with E-state index in [1.54, 1.807) is 13.8 Å². The zero-order valence-corrected chi connectivity index (χ0v) is 24.2. The maximum Gasteiger partial charge on any atom is 0.430 e. The van der Waals surface area contributed by atoms with Gasteiger partial charge in [0.25, 0.3) is 17.4 Å². The third kappa shape index (κ3) is 5.52. The van der Waals surface area contributed by atoms with Gasteiger partial charge in [-0.2, -0.15) is 26.3 Å². The number of β-amino-alcohol motifs (C(OH)–C–C–N with tert-alkyl or cyclic N) is 1. The van der Waals surface area contributed by atoms with E-state index in [1.165, 1.54) is 18.7 Å². The van der Waals surface area contributed by atoms with Crippen molar-refractivity contribution >= 4 is 46.4 Å². The van der Waals surface area contributed by atoms with E-state index >= 15 is 0 Å². The van der Waals surface area contributed by atoms with Crippen LogP contribution >= 0.6 is 34.5 Å². The van der Waals surface area contributed by atoms with Crippen LogP contribution in [0.3, 0.4) is 0 Å². The van der Waals surface area contributed by atoms with E-state index in [0.717, 1.165) is 4.90 Å². The quantitative estimate of drug-likeness (QED) is 0.368. The van der Waals surface area contributed by atoms with E-state index in [9.17, 15) is 51.3 Å². The lowest BCUT2D eigenvalue weighted by atomic mass is 9.79. The van der Waals surface area contributed by atoms with Crippen molar-refractivity contribution in [2.24, 2.45) is 0 Å². The number of amides is 2. The van der Waals surface area contributed by atoms with Crippen molar-refractivity contribution in [2.45, 2.75) is 56.9 Å². The first-order chi connectivity index (χ1) is 18.6. The topological polar surface area (TPSA) is 114 Å². The number of hydrogen-bond donors (Lipinski definition) is 3. The van der Waals surface area contributed by atoms with Crippen molar-refractivity contribution in [3.63, 3.8) is 0 Å². The Morgan fingerprint density at radius 2 is 1.54 bits per heavy atom. The number of likely N-dealkylation sites (tertiary alicyclic amines) is 1. The summed E-state index contributed by atoms with van der Waals surface area (Å²) in [5.41, 5.74) is -11.0. The van der Waals surface area contributed by atoms with Gasteiger partial charge in [0.1, 0.15) is 11.3 Å². The second-order valence-corrected chi connectivity index (χ2v) is 11.7. The van der Waals surface area contributed by atoms with Crippen molar-refractivity contribution in [3.05, 3.63) is 38.4 Å². The third-order valence-electron chi connectivity index (χ3n) is 6.93. The van der Waals surface area contributed by atoms with E-state index in [0.29, 0.717) is 17.4 Å². The molecule has 0 spiro atoms. The van der Waals surface area contributed by atoms with Gasteiger partial charge in [-0.25, -0.2) is 4.98 Å². The molecule has 0 radical (unpaired) electrons. The number of aliphatic hydroxyl groups is 3. The number of nitrogens with zero attached hydrogens (tertiary/aromatic N) is 3. The summed E-state index contributed by atoms with van der Waals surface area (Å²) in [4.78, 5) is 32.8. The minimum atomic E-state index is -6.23. The molecule has 1 aliphatic rings. The zero-order valence-electron chi connectivity index (χ0n) is 21.9. The molecule has 2 amide bonds. The van der Waals surface area contributed by atoms with E-state index in [2.05, 4.69) is 4.98 Å². The van der Waals surface area contributed by atoms with Gasteiger partial charge in [-0.15, -0.1) is 11.3 Å². The van der Waals surface area contributed by atoms with Crippen molar-refractivity contribution in [1.29, 1.82) is 0 Å². The fourth-order valence-corrected chi connectivity index (χ4v) is 5.79. The summed E-state index contributed by atoms with van der Waals surface area (Å²) >= 11 is 12.6. The average molecular weight is 652 g/mol. The van der Waals surface area contributed by atoms with Crippen LogP contribution < -0.4 is 0 Å². The van der Waals surface area contributed by atoms with Crippen LogP contribution in [0.25, 0.3) is 10.4 Å². The standard InChI is InChI=1S/C24H25Cl2F6N3O5S/c1-5-34(6-2)18(36)15-16(41-17(33-15)19(37)35-9-21(39,10-35)20(3,4)38)11-7-8-12(14(26)13(11)25)22(40,23(27,28)29)24(30,31)32/h7-8,38-40H,5-6,9-10H2,1-4H3. The summed E-state index contributed by atoms with van der Waals surface area (Å²) in [6.07, 6.45) is -12.5. The Hall–Kier alpha value is -2.17. The molecule has 0 unspecified atom stereocenters. The smallest absolute Gasteiger partial charge is 0.387 e. The van der Waals surface area contributed by atoms with Gasteiger partial charge >= 0.3 is 12.4 Å². The molecule has 1 saturated heterocycles. The number of hydrogen-bond acceptors (Lipinski definition) is 7. The molecule has 0 bridgehead atoms. The molecular formula is C24H25Cl2F6N3O5S. The second-order valence-electron chi connectivity index (χ2n) is 9.92. The number of rotatable bonds is 7. The van der Waals surface area contributed by atoms with Crippen molar-refractivity contribution in [2.75, 3.05) is 26.2 Å². The molecule has 17 heteroatoms. The van der Waals surface area contributed by atoms with Crippen LogP contribution in [0.4, 0.5) is 26.3 Å². The Morgan fingerprint density at radius 1 is 1.02 bits per heavy atom. The Balaban J connectivity index is 2.17. The molecule has 41 heavy (non-hydrogen) atoms. The van der Waals surface area contributed by atoms with Gasteiger partial charge in [-0.3, -0.25) is 9.59 Å². The normalized spacial score (nSPS) is 16.0. The highest BCUT2D eigenvalue weighted by atomic mass is 35.5. The number of alkyl halides is 6. The maximum atomic E-state index is 13.5. The van der Waals surface area contributed by atoms with Crippen molar-refractivity contribution in [1.82, 2.24) is 14.8 Å². The van der Waals surface area contributed by atoms with E-state index in [4.69, 9.17) is 23.2 Å². The van der Waals surface area contributed by atoms with Crippen LogP contribution in [-0.2, 0) is 5.60 Å². The molecule has 0 aliphatic carbocycles. The van der Waals surface area contributed by atoms with Gasteiger partial charge in [-0.05, 0) is 27.7 Å². The minimum Gasteiger partial charge on any atom is -0.387 e. The Morgan fingerprint density at radius 3 is 1.98 bits per heavy atom. The van der Waals surface area contributed by atoms with Gasteiger partial charge < -0.3 is 25.1 Å².